The van der Waals surface area contributed by atoms with E-state index in [9.17, 15) is 9.59 Å². The first-order valence-corrected chi connectivity index (χ1v) is 10.4. The smallest absolute Gasteiger partial charge is 0.249 e. The predicted molar refractivity (Wildman–Crippen MR) is 117 cm³/mol. The number of imidazole rings is 1. The van der Waals surface area contributed by atoms with Crippen LogP contribution in [0.15, 0.2) is 48.5 Å². The number of carbonyl (C=O) groups is 2. The number of fused-ring (bicyclic) bond motifs is 1. The maximum Gasteiger partial charge on any atom is 0.249 e. The van der Waals surface area contributed by atoms with Crippen molar-refractivity contribution in [2.75, 3.05) is 25.6 Å². The lowest BCUT2D eigenvalue weighted by molar-refractivity contribution is -0.130. The van der Waals surface area contributed by atoms with E-state index in [4.69, 9.17) is 9.47 Å². The number of nitrogens with zero attached hydrogens (tertiary/aromatic N) is 2. The van der Waals surface area contributed by atoms with E-state index in [0.717, 1.165) is 35.4 Å². The zero-order valence-electron chi connectivity index (χ0n) is 17.5. The molecule has 1 aliphatic heterocycles. The minimum Gasteiger partial charge on any atom is -0.497 e. The quantitative estimate of drug-likeness (QED) is 0.582. The van der Waals surface area contributed by atoms with Crippen molar-refractivity contribution in [2.45, 2.75) is 31.9 Å². The van der Waals surface area contributed by atoms with Crippen LogP contribution in [0.4, 0.5) is 5.69 Å². The molecule has 2 aromatic carbocycles. The van der Waals surface area contributed by atoms with Gasteiger partial charge < -0.3 is 24.7 Å². The Balaban J connectivity index is 1.44. The van der Waals surface area contributed by atoms with Crippen LogP contribution < -0.4 is 15.4 Å². The molecule has 2 N–H and O–H groups in total. The van der Waals surface area contributed by atoms with Gasteiger partial charge in [-0.05, 0) is 49.2 Å². The van der Waals surface area contributed by atoms with Gasteiger partial charge in [0, 0.05) is 25.3 Å². The van der Waals surface area contributed by atoms with Crippen molar-refractivity contribution in [3.05, 3.63) is 54.4 Å². The van der Waals surface area contributed by atoms with Gasteiger partial charge in [0.05, 0.1) is 18.1 Å². The summed E-state index contributed by atoms with van der Waals surface area (Å²) in [5.74, 6) is 1.24. The third-order valence-corrected chi connectivity index (χ3v) is 5.28. The number of para-hydroxylation sites is 2. The zero-order chi connectivity index (χ0) is 21.6. The summed E-state index contributed by atoms with van der Waals surface area (Å²) in [5, 5.41) is 5.82. The molecule has 8 nitrogen and oxygen atoms in total. The molecule has 1 atom stereocenters. The minimum absolute atomic E-state index is 0.0857. The van der Waals surface area contributed by atoms with Crippen molar-refractivity contribution in [1.82, 2.24) is 14.9 Å². The Morgan fingerprint density at radius 3 is 2.74 bits per heavy atom. The van der Waals surface area contributed by atoms with E-state index in [2.05, 4.69) is 15.6 Å². The van der Waals surface area contributed by atoms with E-state index in [1.165, 1.54) is 0 Å². The second kappa shape index (κ2) is 9.61. The van der Waals surface area contributed by atoms with Gasteiger partial charge in [-0.3, -0.25) is 9.59 Å². The second-order valence-electron chi connectivity index (χ2n) is 7.42. The number of benzene rings is 2. The molecule has 1 unspecified atom stereocenters. The summed E-state index contributed by atoms with van der Waals surface area (Å²) in [6.07, 6.45) is 1.84. The summed E-state index contributed by atoms with van der Waals surface area (Å²) in [6, 6.07) is 14.9. The van der Waals surface area contributed by atoms with E-state index in [0.29, 0.717) is 25.3 Å². The van der Waals surface area contributed by atoms with Crippen LogP contribution in [0.5, 0.6) is 5.75 Å². The zero-order valence-corrected chi connectivity index (χ0v) is 17.5. The van der Waals surface area contributed by atoms with E-state index in [-0.39, 0.29) is 24.5 Å². The number of ether oxygens (including phenoxy) is 2. The van der Waals surface area contributed by atoms with Gasteiger partial charge >= 0.3 is 0 Å². The number of amides is 2. The number of methoxy groups -OCH3 is 1. The predicted octanol–water partition coefficient (Wildman–Crippen LogP) is 2.52. The van der Waals surface area contributed by atoms with Gasteiger partial charge in [-0.1, -0.05) is 12.1 Å². The highest BCUT2D eigenvalue weighted by Crippen LogP contribution is 2.18. The highest BCUT2D eigenvalue weighted by Gasteiger charge is 2.23. The summed E-state index contributed by atoms with van der Waals surface area (Å²) < 4.78 is 12.5. The molecule has 3 aromatic rings. The summed E-state index contributed by atoms with van der Waals surface area (Å²) in [7, 11) is 1.60. The molecule has 0 saturated carbocycles. The van der Waals surface area contributed by atoms with E-state index < -0.39 is 0 Å². The molecular formula is C23H26N4O4. The van der Waals surface area contributed by atoms with Gasteiger partial charge in [-0.15, -0.1) is 0 Å². The van der Waals surface area contributed by atoms with Gasteiger partial charge in [-0.2, -0.15) is 0 Å². The molecule has 0 radical (unpaired) electrons. The molecule has 0 aliphatic carbocycles. The van der Waals surface area contributed by atoms with Crippen molar-refractivity contribution in [1.29, 1.82) is 0 Å². The van der Waals surface area contributed by atoms with E-state index in [1.807, 2.05) is 28.8 Å². The molecular weight excluding hydrogens is 396 g/mol. The van der Waals surface area contributed by atoms with Crippen LogP contribution in [0, 0.1) is 0 Å². The monoisotopic (exact) mass is 422 g/mol. The number of hydrogen-bond donors (Lipinski definition) is 2. The summed E-state index contributed by atoms with van der Waals surface area (Å²) in [5.41, 5.74) is 2.40. The minimum atomic E-state index is -0.353. The molecule has 8 heteroatoms. The van der Waals surface area contributed by atoms with Crippen LogP contribution in [-0.2, 0) is 27.3 Å². The number of carbonyl (C=O) groups excluding carboxylic acids is 2. The van der Waals surface area contributed by atoms with Crippen LogP contribution in [0.25, 0.3) is 11.0 Å². The van der Waals surface area contributed by atoms with Crippen LogP contribution in [0.2, 0.25) is 0 Å². The van der Waals surface area contributed by atoms with E-state index in [1.54, 1.807) is 31.4 Å². The maximum atomic E-state index is 12.7. The van der Waals surface area contributed by atoms with Crippen LogP contribution in [0.3, 0.4) is 0 Å². The van der Waals surface area contributed by atoms with Gasteiger partial charge in [0.15, 0.2) is 0 Å². The van der Waals surface area contributed by atoms with E-state index >= 15 is 0 Å². The fraction of sp³-hybridized carbons (Fsp3) is 0.348. The Morgan fingerprint density at radius 1 is 1.19 bits per heavy atom. The molecule has 1 fully saturated rings. The lowest BCUT2D eigenvalue weighted by Gasteiger charge is -2.12. The lowest BCUT2D eigenvalue weighted by atomic mass is 10.2. The highest BCUT2D eigenvalue weighted by atomic mass is 16.5. The molecule has 1 aliphatic rings. The molecule has 162 valence electrons. The molecule has 0 bridgehead atoms. The van der Waals surface area contributed by atoms with Crippen LogP contribution >= 0.6 is 0 Å². The summed E-state index contributed by atoms with van der Waals surface area (Å²) in [6.45, 7) is 1.20. The number of anilines is 1. The van der Waals surface area contributed by atoms with Crippen molar-refractivity contribution in [3.63, 3.8) is 0 Å². The summed E-state index contributed by atoms with van der Waals surface area (Å²) in [4.78, 5) is 29.6. The topological polar surface area (TPSA) is 94.5 Å². The van der Waals surface area contributed by atoms with Gasteiger partial charge in [0.25, 0.3) is 0 Å². The SMILES string of the molecule is COc1ccc(NC(=O)Cn2c(CCNC(=O)C3CCCO3)nc3ccccc32)cc1. The average molecular weight is 422 g/mol. The van der Waals surface area contributed by atoms with Crippen LogP contribution in [-0.4, -0.2) is 47.7 Å². The number of aromatic nitrogens is 2. The Kier molecular flexibility index (Phi) is 6.47. The molecule has 4 rings (SSSR count). The fourth-order valence-corrected chi connectivity index (χ4v) is 3.71. The molecule has 1 saturated heterocycles. The molecule has 31 heavy (non-hydrogen) atoms. The normalized spacial score (nSPS) is 15.7. The van der Waals surface area contributed by atoms with Gasteiger partial charge in [-0.25, -0.2) is 4.98 Å². The Hall–Kier alpha value is -3.39. The summed E-state index contributed by atoms with van der Waals surface area (Å²) >= 11 is 0. The highest BCUT2D eigenvalue weighted by molar-refractivity contribution is 5.91. The van der Waals surface area contributed by atoms with Gasteiger partial charge in [0.1, 0.15) is 24.2 Å². The molecule has 2 heterocycles. The first-order valence-electron chi connectivity index (χ1n) is 10.4. The third-order valence-electron chi connectivity index (χ3n) is 5.28. The van der Waals surface area contributed by atoms with Crippen molar-refractivity contribution < 1.29 is 19.1 Å². The largest absolute Gasteiger partial charge is 0.497 e. The Bertz CT molecular complexity index is 1060. The molecule has 0 spiro atoms. The van der Waals surface area contributed by atoms with Crippen molar-refractivity contribution in [3.8, 4) is 5.75 Å². The van der Waals surface area contributed by atoms with Crippen molar-refractivity contribution in [2.24, 2.45) is 0 Å². The van der Waals surface area contributed by atoms with Crippen LogP contribution in [0.1, 0.15) is 18.7 Å². The average Bonchev–Trinajstić information content (AvgIpc) is 3.43. The molecule has 1 aromatic heterocycles. The maximum absolute atomic E-state index is 12.7. The van der Waals surface area contributed by atoms with Gasteiger partial charge in [0.2, 0.25) is 11.8 Å². The first-order chi connectivity index (χ1) is 15.1. The fourth-order valence-electron chi connectivity index (χ4n) is 3.71. The second-order valence-corrected chi connectivity index (χ2v) is 7.42. The first kappa shape index (κ1) is 20.9. The van der Waals surface area contributed by atoms with Crippen molar-refractivity contribution >= 4 is 28.5 Å². The standard InChI is InChI=1S/C23H26N4O4/c1-30-17-10-8-16(9-11-17)25-22(28)15-27-19-6-3-2-5-18(19)26-21(27)12-13-24-23(29)20-7-4-14-31-20/h2-3,5-6,8-11,20H,4,7,12-15H2,1H3,(H,24,29)(H,25,28). The number of rotatable bonds is 8. The number of nitrogens with one attached hydrogen (secondary N) is 2. The number of hydrogen-bond acceptors (Lipinski definition) is 5. The Morgan fingerprint density at radius 2 is 2.00 bits per heavy atom. The third kappa shape index (κ3) is 5.03. The Labute approximate surface area is 180 Å². The lowest BCUT2D eigenvalue weighted by Crippen LogP contribution is -2.35. The molecule has 2 amide bonds.